The van der Waals surface area contributed by atoms with E-state index in [1.54, 1.807) is 6.92 Å². The normalized spacial score (nSPS) is 32.7. The minimum Gasteiger partial charge on any atom is -0.326 e. The molecule has 2 rings (SSSR count). The molecule has 0 bridgehead atoms. The molecule has 0 saturated heterocycles. The monoisotopic (exact) mass is 194 g/mol. The Labute approximate surface area is 82.7 Å². The van der Waals surface area contributed by atoms with E-state index in [1.807, 2.05) is 0 Å². The van der Waals surface area contributed by atoms with E-state index in [0.29, 0.717) is 5.57 Å². The van der Waals surface area contributed by atoms with Gasteiger partial charge in [-0.25, -0.2) is 0 Å². The molecule has 1 aliphatic carbocycles. The van der Waals surface area contributed by atoms with Crippen LogP contribution in [0.1, 0.15) is 26.2 Å². The van der Waals surface area contributed by atoms with E-state index in [4.69, 9.17) is 5.73 Å². The van der Waals surface area contributed by atoms with E-state index < -0.39 is 0 Å². The summed E-state index contributed by atoms with van der Waals surface area (Å²) in [5.41, 5.74) is 6.38. The van der Waals surface area contributed by atoms with Gasteiger partial charge in [-0.05, 0) is 26.2 Å². The van der Waals surface area contributed by atoms with Gasteiger partial charge in [0.05, 0.1) is 6.04 Å². The molecule has 2 unspecified atom stereocenters. The van der Waals surface area contributed by atoms with Gasteiger partial charge in [-0.1, -0.05) is 0 Å². The number of nitrogens with zero attached hydrogens (tertiary/aromatic N) is 1. The van der Waals surface area contributed by atoms with Crippen molar-refractivity contribution in [1.29, 1.82) is 0 Å². The summed E-state index contributed by atoms with van der Waals surface area (Å²) >= 11 is 0. The molecule has 2 amide bonds. The van der Waals surface area contributed by atoms with Crippen LogP contribution in [0.5, 0.6) is 0 Å². The summed E-state index contributed by atoms with van der Waals surface area (Å²) in [6.45, 7) is 1.67. The molecule has 4 nitrogen and oxygen atoms in total. The van der Waals surface area contributed by atoms with Gasteiger partial charge in [0.25, 0.3) is 11.8 Å². The standard InChI is InChI=1S/C10H14N2O2/c1-6-5-9(13)12(10(6)14)8-4-2-3-7(8)11/h5,7-8H,2-4,11H2,1H3. The van der Waals surface area contributed by atoms with Gasteiger partial charge < -0.3 is 5.73 Å². The first-order valence-electron chi connectivity index (χ1n) is 4.92. The smallest absolute Gasteiger partial charge is 0.256 e. The Morgan fingerprint density at radius 3 is 2.57 bits per heavy atom. The van der Waals surface area contributed by atoms with Crippen molar-refractivity contribution in [1.82, 2.24) is 4.90 Å². The maximum atomic E-state index is 11.6. The van der Waals surface area contributed by atoms with Crippen molar-refractivity contribution in [2.45, 2.75) is 38.3 Å². The zero-order valence-electron chi connectivity index (χ0n) is 8.19. The SMILES string of the molecule is CC1=CC(=O)N(C2CCCC2N)C1=O. The summed E-state index contributed by atoms with van der Waals surface area (Å²) < 4.78 is 0. The van der Waals surface area contributed by atoms with E-state index in [9.17, 15) is 9.59 Å². The lowest BCUT2D eigenvalue weighted by Crippen LogP contribution is -2.47. The number of carbonyl (C=O) groups is 2. The van der Waals surface area contributed by atoms with Crippen molar-refractivity contribution in [3.63, 3.8) is 0 Å². The summed E-state index contributed by atoms with van der Waals surface area (Å²) in [7, 11) is 0. The largest absolute Gasteiger partial charge is 0.326 e. The lowest BCUT2D eigenvalue weighted by Gasteiger charge is -2.25. The summed E-state index contributed by atoms with van der Waals surface area (Å²) in [4.78, 5) is 24.5. The topological polar surface area (TPSA) is 63.4 Å². The molecule has 2 aliphatic rings. The summed E-state index contributed by atoms with van der Waals surface area (Å²) in [5, 5.41) is 0. The minimum atomic E-state index is -0.199. The second-order valence-corrected chi connectivity index (χ2v) is 4.00. The Hall–Kier alpha value is -1.16. The quantitative estimate of drug-likeness (QED) is 0.606. The molecule has 0 aromatic carbocycles. The van der Waals surface area contributed by atoms with Crippen LogP contribution in [0.4, 0.5) is 0 Å². The predicted molar refractivity (Wildman–Crippen MR) is 51.2 cm³/mol. The fourth-order valence-electron chi connectivity index (χ4n) is 2.21. The Morgan fingerprint density at radius 1 is 1.43 bits per heavy atom. The van der Waals surface area contributed by atoms with Gasteiger partial charge in [0.15, 0.2) is 0 Å². The lowest BCUT2D eigenvalue weighted by molar-refractivity contribution is -0.140. The van der Waals surface area contributed by atoms with Crippen molar-refractivity contribution in [2.24, 2.45) is 5.73 Å². The molecule has 0 aromatic heterocycles. The van der Waals surface area contributed by atoms with Crippen molar-refractivity contribution < 1.29 is 9.59 Å². The number of hydrogen-bond acceptors (Lipinski definition) is 3. The first kappa shape index (κ1) is 9.40. The van der Waals surface area contributed by atoms with Crippen LogP contribution in [0.25, 0.3) is 0 Å². The second-order valence-electron chi connectivity index (χ2n) is 4.00. The second kappa shape index (κ2) is 3.20. The molecular formula is C10H14N2O2. The average molecular weight is 194 g/mol. The van der Waals surface area contributed by atoms with Gasteiger partial charge in [-0.2, -0.15) is 0 Å². The van der Waals surface area contributed by atoms with Gasteiger partial charge >= 0.3 is 0 Å². The van der Waals surface area contributed by atoms with E-state index in [0.717, 1.165) is 19.3 Å². The van der Waals surface area contributed by atoms with Crippen LogP contribution < -0.4 is 5.73 Å². The molecule has 1 heterocycles. The number of hydrogen-bond donors (Lipinski definition) is 1. The average Bonchev–Trinajstić information content (AvgIpc) is 2.60. The summed E-state index contributed by atoms with van der Waals surface area (Å²) in [6.07, 6.45) is 4.15. The van der Waals surface area contributed by atoms with Crippen molar-refractivity contribution in [3.05, 3.63) is 11.6 Å². The molecule has 0 aromatic rings. The highest BCUT2D eigenvalue weighted by Gasteiger charge is 2.39. The Bertz CT molecular complexity index is 322. The molecule has 1 saturated carbocycles. The summed E-state index contributed by atoms with van der Waals surface area (Å²) in [5.74, 6) is -0.368. The molecule has 1 aliphatic heterocycles. The number of imide groups is 1. The number of amides is 2. The first-order chi connectivity index (χ1) is 6.61. The molecule has 4 heteroatoms. The van der Waals surface area contributed by atoms with E-state index >= 15 is 0 Å². The fourth-order valence-corrected chi connectivity index (χ4v) is 2.21. The molecule has 14 heavy (non-hydrogen) atoms. The number of carbonyl (C=O) groups excluding carboxylic acids is 2. The zero-order chi connectivity index (χ0) is 10.3. The number of nitrogens with two attached hydrogens (primary N) is 1. The minimum absolute atomic E-state index is 0.0396. The van der Waals surface area contributed by atoms with Gasteiger partial charge in [0.2, 0.25) is 0 Å². The Balaban J connectivity index is 2.20. The predicted octanol–water partition coefficient (Wildman–Crippen LogP) is 0.181. The maximum Gasteiger partial charge on any atom is 0.256 e. The highest BCUT2D eigenvalue weighted by molar-refractivity contribution is 6.16. The molecule has 2 N–H and O–H groups in total. The van der Waals surface area contributed by atoms with E-state index in [1.165, 1.54) is 11.0 Å². The number of rotatable bonds is 1. The molecule has 0 spiro atoms. The molecule has 1 fully saturated rings. The third-order valence-corrected chi connectivity index (χ3v) is 3.00. The van der Waals surface area contributed by atoms with Gasteiger partial charge in [-0.15, -0.1) is 0 Å². The third kappa shape index (κ3) is 1.26. The van der Waals surface area contributed by atoms with E-state index in [-0.39, 0.29) is 23.9 Å². The van der Waals surface area contributed by atoms with Crippen LogP contribution in [-0.2, 0) is 9.59 Å². The van der Waals surface area contributed by atoms with Crippen LogP contribution in [0.3, 0.4) is 0 Å². The highest BCUT2D eigenvalue weighted by atomic mass is 16.2. The fraction of sp³-hybridized carbons (Fsp3) is 0.600. The molecule has 76 valence electrons. The lowest BCUT2D eigenvalue weighted by atomic mass is 10.1. The van der Waals surface area contributed by atoms with Gasteiger partial charge in [0.1, 0.15) is 0 Å². The Morgan fingerprint density at radius 2 is 2.14 bits per heavy atom. The van der Waals surface area contributed by atoms with Crippen molar-refractivity contribution in [2.75, 3.05) is 0 Å². The summed E-state index contributed by atoms with van der Waals surface area (Å²) in [6, 6.07) is -0.120. The van der Waals surface area contributed by atoms with Crippen LogP contribution in [-0.4, -0.2) is 28.8 Å². The maximum absolute atomic E-state index is 11.6. The highest BCUT2D eigenvalue weighted by Crippen LogP contribution is 2.26. The van der Waals surface area contributed by atoms with Crippen LogP contribution in [0.2, 0.25) is 0 Å². The molecule has 2 atom stereocenters. The third-order valence-electron chi connectivity index (χ3n) is 3.00. The van der Waals surface area contributed by atoms with Crippen LogP contribution >= 0.6 is 0 Å². The Kier molecular flexibility index (Phi) is 2.15. The molecular weight excluding hydrogens is 180 g/mol. The van der Waals surface area contributed by atoms with E-state index in [2.05, 4.69) is 0 Å². The van der Waals surface area contributed by atoms with Gasteiger partial charge in [0, 0.05) is 17.7 Å². The van der Waals surface area contributed by atoms with Gasteiger partial charge in [-0.3, -0.25) is 14.5 Å². The first-order valence-corrected chi connectivity index (χ1v) is 4.92. The molecule has 0 radical (unpaired) electrons. The van der Waals surface area contributed by atoms with Crippen LogP contribution in [0, 0.1) is 0 Å². The van der Waals surface area contributed by atoms with Crippen molar-refractivity contribution in [3.8, 4) is 0 Å². The zero-order valence-corrected chi connectivity index (χ0v) is 8.19. The van der Waals surface area contributed by atoms with Crippen LogP contribution in [0.15, 0.2) is 11.6 Å². The van der Waals surface area contributed by atoms with Crippen molar-refractivity contribution >= 4 is 11.8 Å².